The van der Waals surface area contributed by atoms with Gasteiger partial charge in [-0.25, -0.2) is 31.3 Å². The van der Waals surface area contributed by atoms with Crippen molar-refractivity contribution in [3.8, 4) is 34.0 Å². The topological polar surface area (TPSA) is 243 Å². The third-order valence-corrected chi connectivity index (χ3v) is 13.4. The number of aromatic amines is 1. The van der Waals surface area contributed by atoms with Crippen LogP contribution in [-0.2, 0) is 33.0 Å². The Morgan fingerprint density at radius 2 is 1.55 bits per heavy atom. The van der Waals surface area contributed by atoms with E-state index in [1.165, 1.54) is 28.9 Å². The number of nitrogens with one attached hydrogen (secondary N) is 2. The summed E-state index contributed by atoms with van der Waals surface area (Å²) >= 11 is 0. The number of tetrazole rings is 1. The fourth-order valence-corrected chi connectivity index (χ4v) is 10.4. The predicted molar refractivity (Wildman–Crippen MR) is 203 cm³/mol. The Labute approximate surface area is 316 Å². The summed E-state index contributed by atoms with van der Waals surface area (Å²) in [6.07, 6.45) is 0.0898. The molecule has 1 fully saturated rings. The molecule has 3 heterocycles. The molecule has 6 aromatic rings. The number of hydrogen-bond acceptors (Lipinski definition) is 12. The standard InChI is InChI=1S/C36H38N10O7S2/c1-52-24-10-6-22(7-11-24)20-39-55(50,51)33-30(54(48,49)26-16-18-45(19-17-26)36(38)47)15-14-27(28-4-3-5-29-32(28)41-35(37)40-29)31(33)34-42-44-46(43-34)21-23-8-12-25(53-2)13-9-23/h3-15,26,39H,16-21H2,1-2H3,(H2,38,47)(H3,37,40,41). The van der Waals surface area contributed by atoms with Crippen molar-refractivity contribution in [1.82, 2.24) is 39.8 Å². The number of hydrogen-bond donors (Lipinski definition) is 4. The van der Waals surface area contributed by atoms with Crippen molar-refractivity contribution >= 4 is 42.9 Å². The second-order valence-corrected chi connectivity index (χ2v) is 16.8. The van der Waals surface area contributed by atoms with Gasteiger partial charge in [0.05, 0.1) is 47.5 Å². The van der Waals surface area contributed by atoms with Gasteiger partial charge in [0, 0.05) is 25.2 Å². The molecule has 1 saturated heterocycles. The SMILES string of the molecule is COc1ccc(CNS(=O)(=O)c2c(S(=O)(=O)C3CCN(C(N)=O)CC3)ccc(-c3cccc4[nH]c(N)nc34)c2-c2nnn(Cc3ccc(OC)cc3)n2)cc1. The summed E-state index contributed by atoms with van der Waals surface area (Å²) < 4.78 is 72.1. The van der Waals surface area contributed by atoms with Gasteiger partial charge in [-0.3, -0.25) is 0 Å². The molecule has 7 rings (SSSR count). The van der Waals surface area contributed by atoms with E-state index in [2.05, 4.69) is 30.1 Å². The van der Waals surface area contributed by atoms with Crippen molar-refractivity contribution in [2.75, 3.05) is 33.0 Å². The highest BCUT2D eigenvalue weighted by atomic mass is 32.2. The molecule has 2 aromatic heterocycles. The zero-order valence-electron chi connectivity index (χ0n) is 29.8. The number of ether oxygens (including phenoxy) is 2. The van der Waals surface area contributed by atoms with Crippen LogP contribution in [-0.4, -0.2) is 90.5 Å². The first-order valence-corrected chi connectivity index (χ1v) is 20.1. The lowest BCUT2D eigenvalue weighted by atomic mass is 9.98. The first-order chi connectivity index (χ1) is 26.4. The second kappa shape index (κ2) is 15.0. The molecule has 1 aliphatic rings. The maximum absolute atomic E-state index is 14.8. The number of anilines is 1. The molecule has 0 unspecified atom stereocenters. The fourth-order valence-electron chi connectivity index (χ4n) is 6.63. The Morgan fingerprint density at radius 3 is 2.18 bits per heavy atom. The molecule has 0 radical (unpaired) electrons. The van der Waals surface area contributed by atoms with Crippen molar-refractivity contribution in [1.29, 1.82) is 0 Å². The minimum absolute atomic E-state index is 0.0449. The smallest absolute Gasteiger partial charge is 0.314 e. The number of H-pyrrole nitrogens is 1. The zero-order valence-corrected chi connectivity index (χ0v) is 31.5. The number of aromatic nitrogens is 6. The van der Waals surface area contributed by atoms with Gasteiger partial charge in [-0.2, -0.15) is 4.80 Å². The Morgan fingerprint density at radius 1 is 0.891 bits per heavy atom. The number of methoxy groups -OCH3 is 2. The molecule has 4 aromatic carbocycles. The number of primary amides is 1. The average Bonchev–Trinajstić information content (AvgIpc) is 3.82. The second-order valence-electron chi connectivity index (χ2n) is 12.9. The molecule has 0 saturated carbocycles. The Kier molecular flexibility index (Phi) is 10.2. The van der Waals surface area contributed by atoms with Gasteiger partial charge in [-0.15, -0.1) is 10.2 Å². The molecule has 0 bridgehead atoms. The molecule has 2 amide bonds. The molecule has 286 valence electrons. The number of urea groups is 1. The van der Waals surface area contributed by atoms with Crippen molar-refractivity contribution in [2.45, 2.75) is 41.0 Å². The largest absolute Gasteiger partial charge is 0.497 e. The number of nitrogen functional groups attached to an aromatic ring is 1. The molecule has 6 N–H and O–H groups in total. The summed E-state index contributed by atoms with van der Waals surface area (Å²) in [6.45, 7) is 0.152. The highest BCUT2D eigenvalue weighted by Crippen LogP contribution is 2.43. The van der Waals surface area contributed by atoms with E-state index in [4.69, 9.17) is 20.9 Å². The Balaban J connectivity index is 1.43. The predicted octanol–water partition coefficient (Wildman–Crippen LogP) is 3.33. The number of sulfonamides is 1. The number of imidazole rings is 1. The molecule has 19 heteroatoms. The molecule has 1 aliphatic heterocycles. The normalized spacial score (nSPS) is 14.0. The molecular weight excluding hydrogens is 749 g/mol. The van der Waals surface area contributed by atoms with Crippen molar-refractivity contribution < 1.29 is 31.1 Å². The van der Waals surface area contributed by atoms with Gasteiger partial charge in [0.15, 0.2) is 15.8 Å². The van der Waals surface area contributed by atoms with Crippen LogP contribution in [0.5, 0.6) is 11.5 Å². The minimum Gasteiger partial charge on any atom is -0.497 e. The number of sulfone groups is 1. The summed E-state index contributed by atoms with van der Waals surface area (Å²) in [5.74, 6) is 1.22. The quantitative estimate of drug-likeness (QED) is 0.140. The average molecular weight is 787 g/mol. The van der Waals surface area contributed by atoms with E-state index in [1.54, 1.807) is 61.7 Å². The Hall–Kier alpha value is -6.05. The number of benzene rings is 4. The fraction of sp³-hybridized carbons (Fsp3) is 0.250. The number of para-hydroxylation sites is 1. The number of piperidine rings is 1. The van der Waals surface area contributed by atoms with E-state index in [1.807, 2.05) is 12.1 Å². The summed E-state index contributed by atoms with van der Waals surface area (Å²) in [7, 11) is -6.00. The molecular formula is C36H38N10O7S2. The van der Waals surface area contributed by atoms with E-state index >= 15 is 0 Å². The maximum atomic E-state index is 14.8. The number of fused-ring (bicyclic) bond motifs is 1. The monoisotopic (exact) mass is 786 g/mol. The third kappa shape index (κ3) is 7.53. The van der Waals surface area contributed by atoms with Gasteiger partial charge in [0.2, 0.25) is 15.8 Å². The Bertz CT molecular complexity index is 2580. The lowest BCUT2D eigenvalue weighted by Crippen LogP contribution is -2.45. The van der Waals surface area contributed by atoms with Gasteiger partial charge in [0.25, 0.3) is 0 Å². The van der Waals surface area contributed by atoms with Crippen LogP contribution in [0.1, 0.15) is 24.0 Å². The number of carbonyl (C=O) groups excluding carboxylic acids is 1. The summed E-state index contributed by atoms with van der Waals surface area (Å²) in [4.78, 5) is 21.0. The van der Waals surface area contributed by atoms with E-state index < -0.39 is 40.9 Å². The summed E-state index contributed by atoms with van der Waals surface area (Å²) in [5.41, 5.74) is 14.5. The van der Waals surface area contributed by atoms with E-state index in [-0.39, 0.29) is 61.9 Å². The number of nitrogens with two attached hydrogens (primary N) is 2. The third-order valence-electron chi connectivity index (χ3n) is 9.50. The van der Waals surface area contributed by atoms with E-state index in [0.29, 0.717) is 33.7 Å². The van der Waals surface area contributed by atoms with Crippen molar-refractivity contribution in [3.05, 3.63) is 90.0 Å². The van der Waals surface area contributed by atoms with Gasteiger partial charge >= 0.3 is 6.03 Å². The van der Waals surface area contributed by atoms with Gasteiger partial charge in [-0.05, 0) is 71.1 Å². The lowest BCUT2D eigenvalue weighted by Gasteiger charge is -2.31. The van der Waals surface area contributed by atoms with Crippen molar-refractivity contribution in [2.24, 2.45) is 5.73 Å². The van der Waals surface area contributed by atoms with Crippen LogP contribution in [0.3, 0.4) is 0 Å². The van der Waals surface area contributed by atoms with Crippen LogP contribution in [0.2, 0.25) is 0 Å². The van der Waals surface area contributed by atoms with E-state index in [0.717, 1.165) is 5.56 Å². The number of amides is 2. The van der Waals surface area contributed by atoms with Crippen LogP contribution >= 0.6 is 0 Å². The summed E-state index contributed by atoms with van der Waals surface area (Å²) in [5, 5.41) is 12.2. The number of nitrogens with zero attached hydrogens (tertiary/aromatic N) is 6. The maximum Gasteiger partial charge on any atom is 0.314 e. The molecule has 0 spiro atoms. The molecule has 17 nitrogen and oxygen atoms in total. The van der Waals surface area contributed by atoms with Crippen molar-refractivity contribution in [3.63, 3.8) is 0 Å². The van der Waals surface area contributed by atoms with Gasteiger partial charge in [-0.1, -0.05) is 42.5 Å². The zero-order chi connectivity index (χ0) is 38.9. The lowest BCUT2D eigenvalue weighted by molar-refractivity contribution is 0.196. The van der Waals surface area contributed by atoms with Gasteiger partial charge < -0.3 is 30.8 Å². The minimum atomic E-state index is -4.69. The van der Waals surface area contributed by atoms with E-state index in [9.17, 15) is 21.6 Å². The molecule has 0 atom stereocenters. The van der Waals surface area contributed by atoms with Crippen LogP contribution in [0.4, 0.5) is 10.7 Å². The van der Waals surface area contributed by atoms with Crippen LogP contribution < -0.4 is 25.7 Å². The molecule has 55 heavy (non-hydrogen) atoms. The number of rotatable bonds is 12. The molecule has 0 aliphatic carbocycles. The number of likely N-dealkylation sites (tertiary alicyclic amines) is 1. The summed E-state index contributed by atoms with van der Waals surface area (Å²) in [6, 6.07) is 21.3. The first-order valence-electron chi connectivity index (χ1n) is 17.1. The van der Waals surface area contributed by atoms with Crippen LogP contribution in [0, 0.1) is 0 Å². The van der Waals surface area contributed by atoms with Gasteiger partial charge in [0.1, 0.15) is 16.4 Å². The highest BCUT2D eigenvalue weighted by Gasteiger charge is 2.39. The van der Waals surface area contributed by atoms with Crippen LogP contribution in [0.15, 0.2) is 88.7 Å². The van der Waals surface area contributed by atoms with Crippen LogP contribution in [0.25, 0.3) is 33.5 Å². The first kappa shape index (κ1) is 37.3. The number of carbonyl (C=O) groups is 1. The highest BCUT2D eigenvalue weighted by molar-refractivity contribution is 7.94.